The van der Waals surface area contributed by atoms with Crippen molar-refractivity contribution >= 4 is 33.5 Å². The van der Waals surface area contributed by atoms with E-state index in [1.54, 1.807) is 11.3 Å². The standard InChI is InChI=1S/C17H19N3S/c1-2-4-16(17-5-3-10-21-17)20-15-7-6-14(18)13-11-19-9-8-12(13)15/h3,5-11,16,20H,2,4,18H2,1H3. The molecule has 0 fully saturated rings. The number of nitrogens with one attached hydrogen (secondary N) is 1. The predicted molar refractivity (Wildman–Crippen MR) is 91.7 cm³/mol. The summed E-state index contributed by atoms with van der Waals surface area (Å²) in [4.78, 5) is 5.55. The van der Waals surface area contributed by atoms with Gasteiger partial charge < -0.3 is 11.1 Å². The van der Waals surface area contributed by atoms with Gasteiger partial charge in [-0.2, -0.15) is 0 Å². The lowest BCUT2D eigenvalue weighted by Crippen LogP contribution is -2.09. The second-order valence-corrected chi connectivity index (χ2v) is 6.10. The summed E-state index contributed by atoms with van der Waals surface area (Å²) in [5.74, 6) is 0. The summed E-state index contributed by atoms with van der Waals surface area (Å²) < 4.78 is 0. The van der Waals surface area contributed by atoms with Crippen molar-refractivity contribution in [3.8, 4) is 0 Å². The molecule has 2 aromatic heterocycles. The van der Waals surface area contributed by atoms with Gasteiger partial charge in [-0.3, -0.25) is 4.98 Å². The first kappa shape index (κ1) is 13.9. The molecule has 21 heavy (non-hydrogen) atoms. The van der Waals surface area contributed by atoms with Crippen LogP contribution in [-0.2, 0) is 0 Å². The highest BCUT2D eigenvalue weighted by molar-refractivity contribution is 7.10. The van der Waals surface area contributed by atoms with E-state index in [4.69, 9.17) is 5.73 Å². The maximum absolute atomic E-state index is 6.04. The number of benzene rings is 1. The second-order valence-electron chi connectivity index (χ2n) is 5.12. The minimum absolute atomic E-state index is 0.343. The number of fused-ring (bicyclic) bond motifs is 1. The van der Waals surface area contributed by atoms with Crippen LogP contribution >= 0.6 is 11.3 Å². The van der Waals surface area contributed by atoms with Crippen LogP contribution in [0.25, 0.3) is 10.8 Å². The lowest BCUT2D eigenvalue weighted by atomic mass is 10.1. The average molecular weight is 297 g/mol. The van der Waals surface area contributed by atoms with E-state index in [2.05, 4.69) is 40.8 Å². The Morgan fingerprint density at radius 1 is 1.24 bits per heavy atom. The van der Waals surface area contributed by atoms with Crippen LogP contribution in [0.5, 0.6) is 0 Å². The largest absolute Gasteiger partial charge is 0.398 e. The van der Waals surface area contributed by atoms with Crippen LogP contribution < -0.4 is 11.1 Å². The van der Waals surface area contributed by atoms with Crippen molar-refractivity contribution in [1.29, 1.82) is 0 Å². The number of hydrogen-bond acceptors (Lipinski definition) is 4. The third-order valence-electron chi connectivity index (χ3n) is 3.65. The molecule has 0 saturated heterocycles. The number of pyridine rings is 1. The topological polar surface area (TPSA) is 50.9 Å². The summed E-state index contributed by atoms with van der Waals surface area (Å²) in [7, 11) is 0. The van der Waals surface area contributed by atoms with E-state index < -0.39 is 0 Å². The molecule has 1 aromatic carbocycles. The summed E-state index contributed by atoms with van der Waals surface area (Å²) in [6.45, 7) is 2.22. The number of nitrogen functional groups attached to an aromatic ring is 1. The van der Waals surface area contributed by atoms with Gasteiger partial charge >= 0.3 is 0 Å². The zero-order valence-electron chi connectivity index (χ0n) is 12.0. The molecule has 0 radical (unpaired) electrons. The third-order valence-corrected chi connectivity index (χ3v) is 4.63. The summed E-state index contributed by atoms with van der Waals surface area (Å²) in [5.41, 5.74) is 7.93. The van der Waals surface area contributed by atoms with Crippen molar-refractivity contribution in [2.45, 2.75) is 25.8 Å². The molecule has 3 rings (SSSR count). The van der Waals surface area contributed by atoms with Gasteiger partial charge in [0.25, 0.3) is 0 Å². The van der Waals surface area contributed by atoms with Crippen LogP contribution in [0.2, 0.25) is 0 Å². The van der Waals surface area contributed by atoms with Crippen molar-refractivity contribution in [3.63, 3.8) is 0 Å². The lowest BCUT2D eigenvalue weighted by Gasteiger charge is -2.20. The lowest BCUT2D eigenvalue weighted by molar-refractivity contribution is 0.688. The smallest absolute Gasteiger partial charge is 0.0606 e. The van der Waals surface area contributed by atoms with Crippen LogP contribution in [0.1, 0.15) is 30.7 Å². The summed E-state index contributed by atoms with van der Waals surface area (Å²) in [6.07, 6.45) is 5.89. The van der Waals surface area contributed by atoms with Crippen molar-refractivity contribution in [3.05, 3.63) is 53.0 Å². The molecule has 0 spiro atoms. The molecule has 3 N–H and O–H groups in total. The highest BCUT2D eigenvalue weighted by Gasteiger charge is 2.13. The predicted octanol–water partition coefficient (Wildman–Crippen LogP) is 4.83. The monoisotopic (exact) mass is 297 g/mol. The van der Waals surface area contributed by atoms with Crippen molar-refractivity contribution in [2.24, 2.45) is 0 Å². The van der Waals surface area contributed by atoms with Crippen LogP contribution in [0.4, 0.5) is 11.4 Å². The Balaban J connectivity index is 1.98. The molecule has 3 aromatic rings. The number of anilines is 2. The molecule has 108 valence electrons. The zero-order chi connectivity index (χ0) is 14.7. The van der Waals surface area contributed by atoms with Gasteiger partial charge in [-0.25, -0.2) is 0 Å². The number of thiophene rings is 1. The van der Waals surface area contributed by atoms with E-state index >= 15 is 0 Å². The molecule has 0 aliphatic carbocycles. The van der Waals surface area contributed by atoms with E-state index in [1.807, 2.05) is 24.5 Å². The average Bonchev–Trinajstić information content (AvgIpc) is 3.04. The molecule has 4 heteroatoms. The van der Waals surface area contributed by atoms with Gasteiger partial charge in [0.2, 0.25) is 0 Å². The van der Waals surface area contributed by atoms with Crippen molar-refractivity contribution in [1.82, 2.24) is 4.98 Å². The molecule has 2 heterocycles. The second kappa shape index (κ2) is 6.14. The molecular weight excluding hydrogens is 278 g/mol. The minimum Gasteiger partial charge on any atom is -0.398 e. The quantitative estimate of drug-likeness (QED) is 0.663. The molecule has 0 amide bonds. The molecule has 0 saturated carbocycles. The van der Waals surface area contributed by atoms with Crippen LogP contribution in [0.3, 0.4) is 0 Å². The number of hydrogen-bond donors (Lipinski definition) is 2. The maximum atomic E-state index is 6.04. The number of rotatable bonds is 5. The Morgan fingerprint density at radius 3 is 2.90 bits per heavy atom. The maximum Gasteiger partial charge on any atom is 0.0606 e. The Kier molecular flexibility index (Phi) is 4.06. The third kappa shape index (κ3) is 2.85. The summed E-state index contributed by atoms with van der Waals surface area (Å²) in [5, 5.41) is 7.94. The van der Waals surface area contributed by atoms with Crippen molar-refractivity contribution < 1.29 is 0 Å². The molecule has 0 bridgehead atoms. The Hall–Kier alpha value is -2.07. The van der Waals surface area contributed by atoms with Crippen LogP contribution in [0.15, 0.2) is 48.1 Å². The van der Waals surface area contributed by atoms with E-state index in [0.29, 0.717) is 6.04 Å². The van der Waals surface area contributed by atoms with Crippen LogP contribution in [0, 0.1) is 0 Å². The molecule has 1 unspecified atom stereocenters. The minimum atomic E-state index is 0.343. The highest BCUT2D eigenvalue weighted by Crippen LogP contribution is 2.32. The Labute approximate surface area is 128 Å². The van der Waals surface area contributed by atoms with Crippen molar-refractivity contribution in [2.75, 3.05) is 11.1 Å². The Morgan fingerprint density at radius 2 is 2.14 bits per heavy atom. The fourth-order valence-electron chi connectivity index (χ4n) is 2.59. The first-order valence-corrected chi connectivity index (χ1v) is 8.09. The normalized spacial score (nSPS) is 12.4. The zero-order valence-corrected chi connectivity index (χ0v) is 12.9. The molecular formula is C17H19N3S. The van der Waals surface area contributed by atoms with Gasteiger partial charge in [0.15, 0.2) is 0 Å². The highest BCUT2D eigenvalue weighted by atomic mass is 32.1. The van der Waals surface area contributed by atoms with Gasteiger partial charge in [-0.15, -0.1) is 11.3 Å². The number of nitrogens with zero attached hydrogens (tertiary/aromatic N) is 1. The number of nitrogens with two attached hydrogens (primary N) is 1. The van der Waals surface area contributed by atoms with E-state index in [9.17, 15) is 0 Å². The van der Waals surface area contributed by atoms with Gasteiger partial charge in [0.05, 0.1) is 6.04 Å². The van der Waals surface area contributed by atoms with E-state index in [-0.39, 0.29) is 0 Å². The van der Waals surface area contributed by atoms with E-state index in [0.717, 1.165) is 35.0 Å². The fraction of sp³-hybridized carbons (Fsp3) is 0.235. The van der Waals surface area contributed by atoms with Gasteiger partial charge in [0, 0.05) is 39.4 Å². The molecule has 1 atom stereocenters. The van der Waals surface area contributed by atoms with E-state index in [1.165, 1.54) is 4.88 Å². The van der Waals surface area contributed by atoms with Gasteiger partial charge in [-0.1, -0.05) is 19.4 Å². The summed E-state index contributed by atoms with van der Waals surface area (Å²) >= 11 is 1.80. The van der Waals surface area contributed by atoms with Gasteiger partial charge in [-0.05, 0) is 36.1 Å². The Bertz CT molecular complexity index is 722. The molecule has 0 aliphatic heterocycles. The molecule has 0 aliphatic rings. The molecule has 3 nitrogen and oxygen atoms in total. The first-order chi connectivity index (χ1) is 10.3. The van der Waals surface area contributed by atoms with Crippen LogP contribution in [-0.4, -0.2) is 4.98 Å². The summed E-state index contributed by atoms with van der Waals surface area (Å²) in [6, 6.07) is 10.7. The SMILES string of the molecule is CCCC(Nc1ccc(N)c2cnccc12)c1cccs1. The van der Waals surface area contributed by atoms with Gasteiger partial charge in [0.1, 0.15) is 0 Å². The first-order valence-electron chi connectivity index (χ1n) is 7.21. The fourth-order valence-corrected chi connectivity index (χ4v) is 3.40. The number of aromatic nitrogens is 1.